The molecule has 0 radical (unpaired) electrons. The van der Waals surface area contributed by atoms with E-state index in [0.29, 0.717) is 17.4 Å². The summed E-state index contributed by atoms with van der Waals surface area (Å²) in [5.41, 5.74) is 2.36. The highest BCUT2D eigenvalue weighted by molar-refractivity contribution is 7.89. The zero-order valence-electron chi connectivity index (χ0n) is 17.4. The third-order valence-corrected chi connectivity index (χ3v) is 6.85. The Morgan fingerprint density at radius 2 is 1.79 bits per heavy atom. The molecule has 0 unspecified atom stereocenters. The van der Waals surface area contributed by atoms with Crippen molar-refractivity contribution in [3.8, 4) is 0 Å². The van der Waals surface area contributed by atoms with Crippen LogP contribution in [0.4, 0.5) is 0 Å². The first kappa shape index (κ1) is 22.0. The van der Waals surface area contributed by atoms with Crippen molar-refractivity contribution in [2.24, 2.45) is 0 Å². The molecule has 158 valence electrons. The van der Waals surface area contributed by atoms with Crippen LogP contribution in [0.5, 0.6) is 0 Å². The molecule has 1 fully saturated rings. The van der Waals surface area contributed by atoms with Gasteiger partial charge in [-0.3, -0.25) is 4.90 Å². The number of benzene rings is 2. The van der Waals surface area contributed by atoms with Crippen LogP contribution in [-0.4, -0.2) is 46.1 Å². The average Bonchev–Trinajstić information content (AvgIpc) is 2.74. The van der Waals surface area contributed by atoms with Gasteiger partial charge in [-0.05, 0) is 48.6 Å². The molecule has 0 aliphatic carbocycles. The number of hydrogen-bond donors (Lipinski definition) is 1. The van der Waals surface area contributed by atoms with Gasteiger partial charge in [0.25, 0.3) is 0 Å². The maximum Gasteiger partial charge on any atom is 0.240 e. The summed E-state index contributed by atoms with van der Waals surface area (Å²) in [6.45, 7) is 8.16. The number of nitrogens with one attached hydrogen (secondary N) is 1. The van der Waals surface area contributed by atoms with E-state index in [0.717, 1.165) is 44.6 Å². The predicted molar refractivity (Wildman–Crippen MR) is 117 cm³/mol. The van der Waals surface area contributed by atoms with Crippen LogP contribution in [0.25, 0.3) is 0 Å². The number of unbranched alkanes of at least 4 members (excludes halogenated alkanes) is 1. The van der Waals surface area contributed by atoms with Crippen LogP contribution in [-0.2, 0) is 14.8 Å². The van der Waals surface area contributed by atoms with E-state index >= 15 is 0 Å². The molecule has 0 spiro atoms. The lowest BCUT2D eigenvalue weighted by Crippen LogP contribution is -2.39. The van der Waals surface area contributed by atoms with Gasteiger partial charge < -0.3 is 4.74 Å². The van der Waals surface area contributed by atoms with Gasteiger partial charge in [-0.15, -0.1) is 0 Å². The molecular weight excluding hydrogens is 384 g/mol. The average molecular weight is 417 g/mol. The van der Waals surface area contributed by atoms with Crippen LogP contribution in [0.1, 0.15) is 49.8 Å². The quantitative estimate of drug-likeness (QED) is 0.629. The Morgan fingerprint density at radius 3 is 2.48 bits per heavy atom. The van der Waals surface area contributed by atoms with Crippen molar-refractivity contribution in [1.82, 2.24) is 9.62 Å². The zero-order valence-corrected chi connectivity index (χ0v) is 18.2. The lowest BCUT2D eigenvalue weighted by atomic mass is 10.0. The number of ether oxygens (including phenoxy) is 1. The monoisotopic (exact) mass is 416 g/mol. The van der Waals surface area contributed by atoms with Crippen LogP contribution < -0.4 is 4.72 Å². The fraction of sp³-hybridized carbons (Fsp3) is 0.478. The van der Waals surface area contributed by atoms with E-state index in [1.165, 1.54) is 5.56 Å². The Morgan fingerprint density at radius 1 is 1.07 bits per heavy atom. The van der Waals surface area contributed by atoms with Crippen molar-refractivity contribution in [3.63, 3.8) is 0 Å². The molecule has 2 aromatic rings. The Kier molecular flexibility index (Phi) is 7.84. The standard InChI is InChI=1S/C23H32N2O3S/c1-19(2)20-10-12-22(13-11-20)29(26,27)24-14-6-7-15-25-16-17-28-23(18-25)21-8-4-3-5-9-21/h3-5,8-13,19,23-24H,6-7,14-18H2,1-2H3/t23-/m1/s1. The lowest BCUT2D eigenvalue weighted by molar-refractivity contribution is -0.0303. The lowest BCUT2D eigenvalue weighted by Gasteiger charge is -2.33. The fourth-order valence-corrected chi connectivity index (χ4v) is 4.63. The third-order valence-electron chi connectivity index (χ3n) is 5.37. The second-order valence-corrected chi connectivity index (χ2v) is 9.67. The molecule has 0 aromatic heterocycles. The van der Waals surface area contributed by atoms with Crippen molar-refractivity contribution in [3.05, 3.63) is 65.7 Å². The molecule has 1 N–H and O–H groups in total. The minimum atomic E-state index is -3.44. The normalized spacial score (nSPS) is 18.2. The van der Waals surface area contributed by atoms with Crippen LogP contribution in [0, 0.1) is 0 Å². The molecule has 6 heteroatoms. The molecule has 1 heterocycles. The number of rotatable bonds is 9. The summed E-state index contributed by atoms with van der Waals surface area (Å²) >= 11 is 0. The van der Waals surface area contributed by atoms with Gasteiger partial charge in [0.2, 0.25) is 10.0 Å². The van der Waals surface area contributed by atoms with Crippen LogP contribution >= 0.6 is 0 Å². The Bertz CT molecular complexity index is 851. The number of hydrogen-bond acceptors (Lipinski definition) is 4. The molecule has 2 aromatic carbocycles. The first-order valence-corrected chi connectivity index (χ1v) is 11.9. The number of sulfonamides is 1. The van der Waals surface area contributed by atoms with E-state index in [1.54, 1.807) is 12.1 Å². The zero-order chi connectivity index (χ0) is 20.7. The molecular formula is C23H32N2O3S. The number of morpholine rings is 1. The molecule has 1 atom stereocenters. The highest BCUT2D eigenvalue weighted by Crippen LogP contribution is 2.22. The van der Waals surface area contributed by atoms with Crippen molar-refractivity contribution < 1.29 is 13.2 Å². The summed E-state index contributed by atoms with van der Waals surface area (Å²) in [4.78, 5) is 2.74. The van der Waals surface area contributed by atoms with Gasteiger partial charge in [-0.1, -0.05) is 56.3 Å². The van der Waals surface area contributed by atoms with Crippen LogP contribution in [0.2, 0.25) is 0 Å². The van der Waals surface area contributed by atoms with E-state index in [9.17, 15) is 8.42 Å². The van der Waals surface area contributed by atoms with E-state index in [4.69, 9.17) is 4.74 Å². The van der Waals surface area contributed by atoms with E-state index in [1.807, 2.05) is 30.3 Å². The molecule has 3 rings (SSSR count). The van der Waals surface area contributed by atoms with Crippen molar-refractivity contribution in [1.29, 1.82) is 0 Å². The molecule has 29 heavy (non-hydrogen) atoms. The topological polar surface area (TPSA) is 58.6 Å². The first-order chi connectivity index (χ1) is 14.0. The maximum atomic E-state index is 12.4. The molecule has 0 bridgehead atoms. The van der Waals surface area contributed by atoms with Gasteiger partial charge in [0, 0.05) is 19.6 Å². The van der Waals surface area contributed by atoms with Crippen LogP contribution in [0.15, 0.2) is 59.5 Å². The maximum absolute atomic E-state index is 12.4. The Labute approximate surface area is 175 Å². The molecule has 0 saturated carbocycles. The molecule has 1 saturated heterocycles. The molecule has 1 aliphatic rings. The van der Waals surface area contributed by atoms with Gasteiger partial charge >= 0.3 is 0 Å². The van der Waals surface area contributed by atoms with Gasteiger partial charge in [0.15, 0.2) is 0 Å². The molecule has 1 aliphatic heterocycles. The van der Waals surface area contributed by atoms with Gasteiger partial charge in [0.1, 0.15) is 0 Å². The molecule has 5 nitrogen and oxygen atoms in total. The first-order valence-electron chi connectivity index (χ1n) is 10.4. The van der Waals surface area contributed by atoms with Gasteiger partial charge in [-0.2, -0.15) is 0 Å². The van der Waals surface area contributed by atoms with Crippen LogP contribution in [0.3, 0.4) is 0 Å². The molecule has 0 amide bonds. The van der Waals surface area contributed by atoms with E-state index in [-0.39, 0.29) is 6.10 Å². The second kappa shape index (κ2) is 10.3. The van der Waals surface area contributed by atoms with E-state index in [2.05, 4.69) is 35.6 Å². The third kappa shape index (κ3) is 6.37. The SMILES string of the molecule is CC(C)c1ccc(S(=O)(=O)NCCCCN2CCO[C@@H](c3ccccc3)C2)cc1. The Balaban J connectivity index is 1.40. The summed E-state index contributed by atoms with van der Waals surface area (Å²) in [6.07, 6.45) is 1.89. The van der Waals surface area contributed by atoms with Gasteiger partial charge in [0.05, 0.1) is 17.6 Å². The smallest absolute Gasteiger partial charge is 0.240 e. The van der Waals surface area contributed by atoms with Gasteiger partial charge in [-0.25, -0.2) is 13.1 Å². The number of nitrogens with zero attached hydrogens (tertiary/aromatic N) is 1. The van der Waals surface area contributed by atoms with Crippen molar-refractivity contribution in [2.75, 3.05) is 32.8 Å². The summed E-state index contributed by atoms with van der Waals surface area (Å²) in [5.74, 6) is 0.390. The highest BCUT2D eigenvalue weighted by atomic mass is 32.2. The highest BCUT2D eigenvalue weighted by Gasteiger charge is 2.21. The summed E-state index contributed by atoms with van der Waals surface area (Å²) < 4.78 is 33.5. The minimum absolute atomic E-state index is 0.122. The van der Waals surface area contributed by atoms with Crippen molar-refractivity contribution in [2.45, 2.75) is 43.6 Å². The van der Waals surface area contributed by atoms with Crippen molar-refractivity contribution >= 4 is 10.0 Å². The fourth-order valence-electron chi connectivity index (χ4n) is 3.56. The largest absolute Gasteiger partial charge is 0.371 e. The summed E-state index contributed by atoms with van der Waals surface area (Å²) in [6, 6.07) is 17.5. The predicted octanol–water partition coefficient (Wildman–Crippen LogP) is 3.94. The summed E-state index contributed by atoms with van der Waals surface area (Å²) in [7, 11) is -3.44. The summed E-state index contributed by atoms with van der Waals surface area (Å²) in [5, 5.41) is 0. The minimum Gasteiger partial charge on any atom is -0.371 e. The second-order valence-electron chi connectivity index (χ2n) is 7.90. The Hall–Kier alpha value is -1.73. The van der Waals surface area contributed by atoms with E-state index < -0.39 is 10.0 Å².